The van der Waals surface area contributed by atoms with E-state index in [1.165, 1.54) is 12.1 Å². The fourth-order valence-electron chi connectivity index (χ4n) is 4.82. The second-order valence-electron chi connectivity index (χ2n) is 9.50. The summed E-state index contributed by atoms with van der Waals surface area (Å²) in [5.41, 5.74) is 2.71. The molecular formula is C29H21Cl2F2N3O4. The summed E-state index contributed by atoms with van der Waals surface area (Å²) in [6.45, 7) is 1.89. The Balaban J connectivity index is 1.74. The van der Waals surface area contributed by atoms with Crippen molar-refractivity contribution in [2.45, 2.75) is 31.7 Å². The lowest BCUT2D eigenvalue weighted by Gasteiger charge is -2.25. The second-order valence-corrected chi connectivity index (χ2v) is 10.4. The zero-order valence-electron chi connectivity index (χ0n) is 20.9. The minimum Gasteiger partial charge on any atom is -0.481 e. The van der Waals surface area contributed by atoms with Crippen LogP contribution in [0.25, 0.3) is 22.0 Å². The second kappa shape index (κ2) is 10.5. The topological polar surface area (TPSA) is 103 Å². The van der Waals surface area contributed by atoms with Crippen LogP contribution in [0.1, 0.15) is 35.6 Å². The highest BCUT2D eigenvalue weighted by Crippen LogP contribution is 2.39. The number of H-pyrrole nitrogens is 1. The third-order valence-corrected chi connectivity index (χ3v) is 7.15. The molecule has 5 rings (SSSR count). The molecule has 0 fully saturated rings. The molecular weight excluding hydrogens is 563 g/mol. The summed E-state index contributed by atoms with van der Waals surface area (Å²) in [5, 5.41) is 15.4. The molecule has 1 aromatic heterocycles. The lowest BCUT2D eigenvalue weighted by molar-refractivity contribution is -0.167. The number of amides is 1. The van der Waals surface area contributed by atoms with Gasteiger partial charge in [0.15, 0.2) is 0 Å². The van der Waals surface area contributed by atoms with Crippen LogP contribution in [0.5, 0.6) is 0 Å². The maximum absolute atomic E-state index is 14.8. The summed E-state index contributed by atoms with van der Waals surface area (Å²) in [7, 11) is 0. The maximum atomic E-state index is 14.8. The van der Waals surface area contributed by atoms with Gasteiger partial charge in [0.25, 0.3) is 5.56 Å². The van der Waals surface area contributed by atoms with Crippen molar-refractivity contribution >= 4 is 51.7 Å². The summed E-state index contributed by atoms with van der Waals surface area (Å²) in [4.78, 5) is 40.5. The minimum absolute atomic E-state index is 0.0858. The number of hydrogen-bond acceptors (Lipinski definition) is 4. The normalized spacial score (nSPS) is 15.4. The van der Waals surface area contributed by atoms with E-state index < -0.39 is 35.8 Å². The average molecular weight is 584 g/mol. The fraction of sp³-hybridized carbons (Fsp3) is 0.172. The van der Waals surface area contributed by atoms with Crippen LogP contribution in [0, 0.1) is 6.92 Å². The van der Waals surface area contributed by atoms with Gasteiger partial charge in [0.05, 0.1) is 17.3 Å². The number of carbonyl (C=O) groups is 2. The van der Waals surface area contributed by atoms with E-state index in [4.69, 9.17) is 28.3 Å². The number of rotatable bonds is 6. The van der Waals surface area contributed by atoms with E-state index in [1.807, 2.05) is 19.1 Å². The molecule has 0 aliphatic carbocycles. The van der Waals surface area contributed by atoms with Gasteiger partial charge in [0.2, 0.25) is 0 Å². The van der Waals surface area contributed by atoms with Gasteiger partial charge in [-0.25, -0.2) is 5.01 Å². The van der Waals surface area contributed by atoms with Crippen molar-refractivity contribution in [3.05, 3.63) is 104 Å². The number of halogens is 4. The first-order valence-electron chi connectivity index (χ1n) is 12.1. The van der Waals surface area contributed by atoms with Crippen molar-refractivity contribution in [3.63, 3.8) is 0 Å². The van der Waals surface area contributed by atoms with E-state index in [9.17, 15) is 23.2 Å². The van der Waals surface area contributed by atoms with Gasteiger partial charge >= 0.3 is 17.8 Å². The number of hydrazone groups is 1. The minimum atomic E-state index is -4.23. The van der Waals surface area contributed by atoms with Gasteiger partial charge in [-0.15, -0.1) is 0 Å². The van der Waals surface area contributed by atoms with E-state index in [0.717, 1.165) is 5.56 Å². The molecule has 2 heterocycles. The first kappa shape index (κ1) is 27.5. The van der Waals surface area contributed by atoms with E-state index >= 15 is 0 Å². The Morgan fingerprint density at radius 2 is 1.65 bits per heavy atom. The van der Waals surface area contributed by atoms with Gasteiger partial charge in [0.1, 0.15) is 6.42 Å². The first-order chi connectivity index (χ1) is 18.9. The van der Waals surface area contributed by atoms with Gasteiger partial charge in [-0.05, 0) is 54.4 Å². The molecule has 0 saturated carbocycles. The van der Waals surface area contributed by atoms with Crippen LogP contribution in [0.2, 0.25) is 10.0 Å². The smallest absolute Gasteiger partial charge is 0.337 e. The van der Waals surface area contributed by atoms with Gasteiger partial charge in [-0.1, -0.05) is 59.1 Å². The third-order valence-electron chi connectivity index (χ3n) is 6.65. The number of pyridine rings is 1. The highest BCUT2D eigenvalue weighted by molar-refractivity contribution is 6.31. The molecule has 0 bridgehead atoms. The van der Waals surface area contributed by atoms with Crippen molar-refractivity contribution in [2.24, 2.45) is 5.10 Å². The third kappa shape index (κ3) is 5.22. The Morgan fingerprint density at radius 1 is 1.02 bits per heavy atom. The number of aromatic nitrogens is 1. The maximum Gasteiger partial charge on any atom is 0.337 e. The molecule has 0 saturated heterocycles. The molecule has 1 amide bonds. The monoisotopic (exact) mass is 583 g/mol. The summed E-state index contributed by atoms with van der Waals surface area (Å²) < 4.78 is 29.5. The van der Waals surface area contributed by atoms with Gasteiger partial charge in [0, 0.05) is 32.9 Å². The SMILES string of the molecule is Cc1ccc2[nH]c(=O)c(C3=NN(C(=O)C(F)(F)CC(=O)O)C(c4ccc(Cl)cc4)C3)c(-c3ccc(Cl)cc3)c2c1. The number of fused-ring (bicyclic) bond motifs is 1. The Morgan fingerprint density at radius 3 is 2.27 bits per heavy atom. The first-order valence-corrected chi connectivity index (χ1v) is 12.9. The summed E-state index contributed by atoms with van der Waals surface area (Å²) in [5.74, 6) is -7.86. The Labute approximate surface area is 236 Å². The number of benzene rings is 3. The molecule has 1 unspecified atom stereocenters. The molecule has 1 atom stereocenters. The van der Waals surface area contributed by atoms with Crippen molar-refractivity contribution in [3.8, 4) is 11.1 Å². The quantitative estimate of drug-likeness (QED) is 0.267. The van der Waals surface area contributed by atoms with Crippen LogP contribution in [0.4, 0.5) is 8.78 Å². The highest BCUT2D eigenvalue weighted by Gasteiger charge is 2.49. The standard InChI is InChI=1S/C29H21Cl2F2N3O4/c1-15-2-11-21-20(12-15)25(17-5-9-19(31)10-6-17)26(27(39)34-21)22-13-23(16-3-7-18(30)8-4-16)36(35-22)28(40)29(32,33)14-24(37)38/h2-12,23H,13-14H2,1H3,(H,34,39)(H,37,38). The molecule has 2 N–H and O–H groups in total. The Hall–Kier alpha value is -4.08. The number of carboxylic acid groups (broad SMARTS) is 1. The van der Waals surface area contributed by atoms with E-state index in [1.54, 1.807) is 42.5 Å². The largest absolute Gasteiger partial charge is 0.481 e. The highest BCUT2D eigenvalue weighted by atomic mass is 35.5. The predicted molar refractivity (Wildman–Crippen MR) is 149 cm³/mol. The van der Waals surface area contributed by atoms with Gasteiger partial charge in [-0.3, -0.25) is 14.4 Å². The summed E-state index contributed by atoms with van der Waals surface area (Å²) in [6, 6.07) is 17.5. The molecule has 40 heavy (non-hydrogen) atoms. The number of carboxylic acids is 1. The zero-order chi connectivity index (χ0) is 28.8. The van der Waals surface area contributed by atoms with Crippen LogP contribution >= 0.6 is 23.2 Å². The Bertz CT molecular complexity index is 1740. The molecule has 7 nitrogen and oxygen atoms in total. The molecule has 1 aliphatic heterocycles. The van der Waals surface area contributed by atoms with Crippen molar-refractivity contribution in [2.75, 3.05) is 0 Å². The van der Waals surface area contributed by atoms with Gasteiger partial charge in [-0.2, -0.15) is 13.9 Å². The van der Waals surface area contributed by atoms with Crippen molar-refractivity contribution in [1.82, 2.24) is 9.99 Å². The molecule has 4 aromatic rings. The lowest BCUT2D eigenvalue weighted by atomic mass is 9.90. The van der Waals surface area contributed by atoms with Crippen LogP contribution in [0.3, 0.4) is 0 Å². The van der Waals surface area contributed by atoms with Crippen molar-refractivity contribution < 1.29 is 23.5 Å². The molecule has 0 spiro atoms. The summed E-state index contributed by atoms with van der Waals surface area (Å²) in [6.07, 6.45) is -1.79. The number of aromatic amines is 1. The van der Waals surface area contributed by atoms with E-state index in [0.29, 0.717) is 42.6 Å². The number of nitrogens with zero attached hydrogens (tertiary/aromatic N) is 2. The number of hydrogen-bond donors (Lipinski definition) is 2. The van der Waals surface area contributed by atoms with Crippen LogP contribution in [-0.4, -0.2) is 38.6 Å². The number of carbonyl (C=O) groups excluding carboxylic acids is 1. The van der Waals surface area contributed by atoms with Crippen LogP contribution in [0.15, 0.2) is 76.6 Å². The van der Waals surface area contributed by atoms with E-state index in [-0.39, 0.29) is 17.7 Å². The Kier molecular flexibility index (Phi) is 7.20. The zero-order valence-corrected chi connectivity index (χ0v) is 22.4. The van der Waals surface area contributed by atoms with E-state index in [2.05, 4.69) is 10.1 Å². The van der Waals surface area contributed by atoms with Crippen LogP contribution in [-0.2, 0) is 9.59 Å². The predicted octanol–water partition coefficient (Wildman–Crippen LogP) is 6.60. The number of aliphatic carboxylic acids is 1. The fourth-order valence-corrected chi connectivity index (χ4v) is 5.08. The molecule has 0 radical (unpaired) electrons. The van der Waals surface area contributed by atoms with Gasteiger partial charge < -0.3 is 10.1 Å². The molecule has 11 heteroatoms. The number of aryl methyl sites for hydroxylation is 1. The molecule has 1 aliphatic rings. The number of nitrogens with one attached hydrogen (secondary N) is 1. The molecule has 204 valence electrons. The average Bonchev–Trinajstić information content (AvgIpc) is 3.32. The number of alkyl halides is 2. The lowest BCUT2D eigenvalue weighted by Crippen LogP contribution is -2.42. The summed E-state index contributed by atoms with van der Waals surface area (Å²) >= 11 is 12.1. The molecule has 3 aromatic carbocycles. The van der Waals surface area contributed by atoms with Crippen LogP contribution < -0.4 is 5.56 Å². The van der Waals surface area contributed by atoms with Crippen molar-refractivity contribution in [1.29, 1.82) is 0 Å².